The van der Waals surface area contributed by atoms with Crippen LogP contribution in [0, 0.1) is 0 Å². The summed E-state index contributed by atoms with van der Waals surface area (Å²) in [5.74, 6) is 0. The molecule has 0 aliphatic heterocycles. The molecule has 3 heteroatoms. The number of aryl methyl sites for hydroxylation is 1. The first-order valence-corrected chi connectivity index (χ1v) is 7.49. The van der Waals surface area contributed by atoms with E-state index in [1.807, 2.05) is 24.0 Å². The molecule has 0 aromatic carbocycles. The second-order valence-electron chi connectivity index (χ2n) is 5.25. The van der Waals surface area contributed by atoms with Crippen molar-refractivity contribution in [2.24, 2.45) is 12.8 Å². The van der Waals surface area contributed by atoms with Crippen molar-refractivity contribution in [2.45, 2.75) is 70.8 Å². The normalized spacial score (nSPS) is 12.8. The van der Waals surface area contributed by atoms with Crippen LogP contribution in [0.4, 0.5) is 0 Å². The monoisotopic (exact) mass is 251 g/mol. The van der Waals surface area contributed by atoms with Crippen LogP contribution in [0.2, 0.25) is 0 Å². The molecule has 0 bridgehead atoms. The van der Waals surface area contributed by atoms with Gasteiger partial charge < -0.3 is 5.73 Å². The predicted octanol–water partition coefficient (Wildman–Crippen LogP) is 3.95. The van der Waals surface area contributed by atoms with E-state index in [2.05, 4.69) is 12.0 Å². The fourth-order valence-electron chi connectivity index (χ4n) is 2.39. The molecule has 1 rings (SSSR count). The van der Waals surface area contributed by atoms with E-state index >= 15 is 0 Å². The molecule has 0 radical (unpaired) electrons. The summed E-state index contributed by atoms with van der Waals surface area (Å²) < 4.78 is 1.88. The molecule has 1 atom stereocenters. The Bertz CT molecular complexity index is 306. The summed E-state index contributed by atoms with van der Waals surface area (Å²) in [7, 11) is 1.96. The average Bonchev–Trinajstić information content (AvgIpc) is 2.79. The van der Waals surface area contributed by atoms with E-state index in [9.17, 15) is 0 Å². The average molecular weight is 251 g/mol. The number of hydrogen-bond donors (Lipinski definition) is 1. The molecule has 2 N–H and O–H groups in total. The Morgan fingerprint density at radius 1 is 1.11 bits per heavy atom. The van der Waals surface area contributed by atoms with Gasteiger partial charge in [-0.3, -0.25) is 4.68 Å². The summed E-state index contributed by atoms with van der Waals surface area (Å²) in [6.45, 7) is 2.26. The molecule has 1 unspecified atom stereocenters. The lowest BCUT2D eigenvalue weighted by molar-refractivity contribution is 0.517. The van der Waals surface area contributed by atoms with E-state index in [0.717, 1.165) is 12.1 Å². The van der Waals surface area contributed by atoms with E-state index in [-0.39, 0.29) is 6.04 Å². The van der Waals surface area contributed by atoms with Crippen molar-refractivity contribution in [1.82, 2.24) is 9.78 Å². The van der Waals surface area contributed by atoms with Crippen LogP contribution in [0.1, 0.15) is 76.4 Å². The molecule has 3 nitrogen and oxygen atoms in total. The molecule has 0 amide bonds. The number of hydrogen-bond acceptors (Lipinski definition) is 2. The van der Waals surface area contributed by atoms with Crippen molar-refractivity contribution in [2.75, 3.05) is 0 Å². The Balaban J connectivity index is 1.99. The minimum absolute atomic E-state index is 0.151. The predicted molar refractivity (Wildman–Crippen MR) is 77.4 cm³/mol. The van der Waals surface area contributed by atoms with Crippen molar-refractivity contribution in [3.8, 4) is 0 Å². The summed E-state index contributed by atoms with van der Waals surface area (Å²) in [4.78, 5) is 0. The maximum absolute atomic E-state index is 6.16. The highest BCUT2D eigenvalue weighted by Gasteiger charge is 2.08. The zero-order chi connectivity index (χ0) is 13.2. The Hall–Kier alpha value is -0.830. The number of rotatable bonds is 10. The SMILES string of the molecule is CCCCCCCCCCC(N)c1ccnn1C. The maximum Gasteiger partial charge on any atom is 0.0548 e. The molecule has 0 aliphatic rings. The van der Waals surface area contributed by atoms with Crippen molar-refractivity contribution in [3.05, 3.63) is 18.0 Å². The van der Waals surface area contributed by atoms with Gasteiger partial charge in [-0.15, -0.1) is 0 Å². The molecule has 18 heavy (non-hydrogen) atoms. The highest BCUT2D eigenvalue weighted by Crippen LogP contribution is 2.17. The van der Waals surface area contributed by atoms with Crippen LogP contribution in [0.15, 0.2) is 12.3 Å². The van der Waals surface area contributed by atoms with Gasteiger partial charge in [-0.2, -0.15) is 5.10 Å². The summed E-state index contributed by atoms with van der Waals surface area (Å²) in [5.41, 5.74) is 7.31. The highest BCUT2D eigenvalue weighted by atomic mass is 15.3. The number of unbranched alkanes of at least 4 members (excludes halogenated alkanes) is 7. The van der Waals surface area contributed by atoms with Crippen LogP contribution < -0.4 is 5.73 Å². The minimum atomic E-state index is 0.151. The lowest BCUT2D eigenvalue weighted by Gasteiger charge is -2.11. The van der Waals surface area contributed by atoms with Crippen molar-refractivity contribution in [1.29, 1.82) is 0 Å². The third-order valence-electron chi connectivity index (χ3n) is 3.61. The quantitative estimate of drug-likeness (QED) is 0.640. The Kier molecular flexibility index (Phi) is 7.74. The molecule has 1 aromatic rings. The van der Waals surface area contributed by atoms with Gasteiger partial charge in [0.1, 0.15) is 0 Å². The van der Waals surface area contributed by atoms with Gasteiger partial charge in [-0.25, -0.2) is 0 Å². The Morgan fingerprint density at radius 2 is 1.72 bits per heavy atom. The van der Waals surface area contributed by atoms with Crippen LogP contribution >= 0.6 is 0 Å². The molecular weight excluding hydrogens is 222 g/mol. The van der Waals surface area contributed by atoms with Gasteiger partial charge in [0.25, 0.3) is 0 Å². The molecular formula is C15H29N3. The Morgan fingerprint density at radius 3 is 2.28 bits per heavy atom. The lowest BCUT2D eigenvalue weighted by Crippen LogP contribution is -2.14. The van der Waals surface area contributed by atoms with Gasteiger partial charge in [-0.05, 0) is 12.5 Å². The minimum Gasteiger partial charge on any atom is -0.323 e. The topological polar surface area (TPSA) is 43.8 Å². The lowest BCUT2D eigenvalue weighted by atomic mass is 10.0. The van der Waals surface area contributed by atoms with Crippen molar-refractivity contribution < 1.29 is 0 Å². The van der Waals surface area contributed by atoms with Crippen LogP contribution in [-0.2, 0) is 7.05 Å². The molecule has 104 valence electrons. The molecule has 0 saturated heterocycles. The van der Waals surface area contributed by atoms with Crippen LogP contribution in [0.5, 0.6) is 0 Å². The zero-order valence-corrected chi connectivity index (χ0v) is 12.1. The van der Waals surface area contributed by atoms with Crippen molar-refractivity contribution >= 4 is 0 Å². The van der Waals surface area contributed by atoms with E-state index < -0.39 is 0 Å². The number of nitrogens with two attached hydrogens (primary N) is 1. The van der Waals surface area contributed by atoms with Gasteiger partial charge >= 0.3 is 0 Å². The first-order chi connectivity index (χ1) is 8.75. The fourth-order valence-corrected chi connectivity index (χ4v) is 2.39. The molecule has 0 fully saturated rings. The molecule has 0 spiro atoms. The maximum atomic E-state index is 6.16. The van der Waals surface area contributed by atoms with E-state index in [0.29, 0.717) is 0 Å². The highest BCUT2D eigenvalue weighted by molar-refractivity contribution is 5.05. The standard InChI is InChI=1S/C15H29N3/c1-3-4-5-6-7-8-9-10-11-14(16)15-12-13-17-18(15)2/h12-14H,3-11,16H2,1-2H3. The fraction of sp³-hybridized carbons (Fsp3) is 0.800. The summed E-state index contributed by atoms with van der Waals surface area (Å²) in [6.07, 6.45) is 13.7. The van der Waals surface area contributed by atoms with Gasteiger partial charge in [0.15, 0.2) is 0 Å². The zero-order valence-electron chi connectivity index (χ0n) is 12.1. The number of nitrogens with zero attached hydrogens (tertiary/aromatic N) is 2. The van der Waals surface area contributed by atoms with E-state index in [1.165, 1.54) is 51.4 Å². The van der Waals surface area contributed by atoms with Crippen LogP contribution in [0.25, 0.3) is 0 Å². The van der Waals surface area contributed by atoms with Crippen LogP contribution in [0.3, 0.4) is 0 Å². The summed E-state index contributed by atoms with van der Waals surface area (Å²) in [5, 5.41) is 4.16. The van der Waals surface area contributed by atoms with E-state index in [1.54, 1.807) is 0 Å². The van der Waals surface area contributed by atoms with E-state index in [4.69, 9.17) is 5.73 Å². The van der Waals surface area contributed by atoms with Gasteiger partial charge in [0, 0.05) is 19.3 Å². The third-order valence-corrected chi connectivity index (χ3v) is 3.61. The molecule has 0 saturated carbocycles. The third kappa shape index (κ3) is 5.67. The second kappa shape index (κ2) is 9.15. The summed E-state index contributed by atoms with van der Waals surface area (Å²) >= 11 is 0. The molecule has 0 aliphatic carbocycles. The largest absolute Gasteiger partial charge is 0.323 e. The number of aromatic nitrogens is 2. The molecule has 1 aromatic heterocycles. The van der Waals surface area contributed by atoms with Crippen molar-refractivity contribution in [3.63, 3.8) is 0 Å². The summed E-state index contributed by atoms with van der Waals surface area (Å²) in [6, 6.07) is 2.17. The first kappa shape index (κ1) is 15.2. The second-order valence-corrected chi connectivity index (χ2v) is 5.25. The van der Waals surface area contributed by atoms with Gasteiger partial charge in [-0.1, -0.05) is 58.3 Å². The van der Waals surface area contributed by atoms with Gasteiger partial charge in [0.2, 0.25) is 0 Å². The first-order valence-electron chi connectivity index (χ1n) is 7.49. The Labute approximate surface area is 112 Å². The molecule has 1 heterocycles. The van der Waals surface area contributed by atoms with Crippen LogP contribution in [-0.4, -0.2) is 9.78 Å². The smallest absolute Gasteiger partial charge is 0.0548 e. The van der Waals surface area contributed by atoms with Gasteiger partial charge in [0.05, 0.1) is 5.69 Å².